The van der Waals surface area contributed by atoms with Crippen LogP contribution in [0.5, 0.6) is 11.5 Å². The Bertz CT molecular complexity index is 1670. The van der Waals surface area contributed by atoms with E-state index < -0.39 is 49.7 Å². The summed E-state index contributed by atoms with van der Waals surface area (Å²) in [6.45, 7) is 10.4. The van der Waals surface area contributed by atoms with Crippen LogP contribution in [0.1, 0.15) is 43.7 Å². The van der Waals surface area contributed by atoms with Crippen LogP contribution in [0, 0.1) is 0 Å². The highest BCUT2D eigenvalue weighted by Crippen LogP contribution is 2.44. The fourth-order valence-corrected chi connectivity index (χ4v) is 7.01. The van der Waals surface area contributed by atoms with Crippen molar-refractivity contribution in [3.8, 4) is 11.5 Å². The fourth-order valence-electron chi connectivity index (χ4n) is 5.69. The molecule has 0 aliphatic carbocycles. The van der Waals surface area contributed by atoms with Gasteiger partial charge in [-0.2, -0.15) is 0 Å². The average molecular weight is 661 g/mol. The van der Waals surface area contributed by atoms with E-state index in [0.717, 1.165) is 21.3 Å². The molecule has 5 rings (SSSR count). The molecule has 0 radical (unpaired) electrons. The zero-order chi connectivity index (χ0) is 34.0. The highest BCUT2D eigenvalue weighted by Gasteiger charge is 2.52. The van der Waals surface area contributed by atoms with Crippen molar-refractivity contribution in [1.82, 2.24) is 9.55 Å². The molecule has 4 atom stereocenters. The number of aromatic nitrogens is 2. The van der Waals surface area contributed by atoms with Crippen LogP contribution in [0.15, 0.2) is 101 Å². The molecule has 0 unspecified atom stereocenters. The zero-order valence-corrected chi connectivity index (χ0v) is 28.9. The second kappa shape index (κ2) is 13.6. The van der Waals surface area contributed by atoms with Gasteiger partial charge in [0.1, 0.15) is 35.4 Å². The molecule has 0 saturated carbocycles. The van der Waals surface area contributed by atoms with E-state index in [9.17, 15) is 14.7 Å². The third kappa shape index (κ3) is 6.72. The van der Waals surface area contributed by atoms with E-state index in [-0.39, 0.29) is 11.6 Å². The van der Waals surface area contributed by atoms with Crippen LogP contribution in [0.2, 0.25) is 18.1 Å². The second-order valence-corrected chi connectivity index (χ2v) is 18.0. The molecule has 250 valence electrons. The smallest absolute Gasteiger partial charge is 0.330 e. The standard InChI is InChI=1S/C36H44N2O8Si/c1-35(2,3)47(6,7)46-32-29(45-33(31(32)40)38-30(39)21-22-37-34(38)41)23-44-36(24-11-9-8-10-12-24,25-13-17-27(42-4)18-14-25)26-15-19-28(43-5)20-16-26/h8-22,29,31-33,40H,23H2,1-7H3,(H,37,41)/t29-,31-,32-,33-/m1/s1. The summed E-state index contributed by atoms with van der Waals surface area (Å²) < 4.78 is 32.1. The minimum atomic E-state index is -2.50. The zero-order valence-electron chi connectivity index (χ0n) is 27.9. The number of aromatic amines is 1. The Kier molecular flexibility index (Phi) is 9.95. The van der Waals surface area contributed by atoms with Gasteiger partial charge in [0, 0.05) is 12.3 Å². The Morgan fingerprint density at radius 1 is 0.830 bits per heavy atom. The first-order chi connectivity index (χ1) is 22.3. The number of aliphatic hydroxyl groups excluding tert-OH is 1. The molecule has 2 heterocycles. The summed E-state index contributed by atoms with van der Waals surface area (Å²) in [6, 6.07) is 26.4. The van der Waals surface area contributed by atoms with Crippen LogP contribution in [-0.4, -0.2) is 62.1 Å². The van der Waals surface area contributed by atoms with Crippen molar-refractivity contribution < 1.29 is 28.5 Å². The SMILES string of the molecule is COc1ccc(C(OC[C@H]2O[C@@H](n3c(=O)cc[nH]c3=O)[C@H](O)[C@@H]2O[Si](C)(C)C(C)(C)C)(c2ccccc2)c2ccc(OC)cc2)cc1. The fraction of sp³-hybridized carbons (Fsp3) is 0.389. The molecule has 1 saturated heterocycles. The number of hydrogen-bond donors (Lipinski definition) is 2. The van der Waals surface area contributed by atoms with Crippen molar-refractivity contribution in [2.24, 2.45) is 0 Å². The molecule has 0 spiro atoms. The third-order valence-corrected chi connectivity index (χ3v) is 13.8. The largest absolute Gasteiger partial charge is 0.497 e. The molecule has 47 heavy (non-hydrogen) atoms. The van der Waals surface area contributed by atoms with E-state index >= 15 is 0 Å². The topological polar surface area (TPSA) is 121 Å². The summed E-state index contributed by atoms with van der Waals surface area (Å²) in [5.74, 6) is 1.38. The molecular formula is C36H44N2O8Si. The predicted molar refractivity (Wildman–Crippen MR) is 182 cm³/mol. The number of rotatable bonds is 11. The van der Waals surface area contributed by atoms with Gasteiger partial charge in [-0.25, -0.2) is 9.36 Å². The Hall–Kier alpha value is -4.00. The Morgan fingerprint density at radius 2 is 1.36 bits per heavy atom. The number of nitrogens with one attached hydrogen (secondary N) is 1. The summed E-state index contributed by atoms with van der Waals surface area (Å²) in [7, 11) is 0.735. The van der Waals surface area contributed by atoms with Gasteiger partial charge in [-0.1, -0.05) is 75.4 Å². The van der Waals surface area contributed by atoms with Gasteiger partial charge in [-0.15, -0.1) is 0 Å². The van der Waals surface area contributed by atoms with Crippen molar-refractivity contribution in [3.05, 3.63) is 129 Å². The monoisotopic (exact) mass is 660 g/mol. The van der Waals surface area contributed by atoms with E-state index in [1.165, 1.54) is 12.3 Å². The third-order valence-electron chi connectivity index (χ3n) is 9.33. The van der Waals surface area contributed by atoms with Crippen LogP contribution < -0.4 is 20.7 Å². The number of benzene rings is 3. The molecule has 10 nitrogen and oxygen atoms in total. The second-order valence-electron chi connectivity index (χ2n) is 13.2. The maximum absolute atomic E-state index is 12.9. The maximum atomic E-state index is 12.9. The van der Waals surface area contributed by atoms with Gasteiger partial charge in [0.2, 0.25) is 0 Å². The van der Waals surface area contributed by atoms with Crippen LogP contribution in [0.4, 0.5) is 0 Å². The van der Waals surface area contributed by atoms with Crippen molar-refractivity contribution in [3.63, 3.8) is 0 Å². The van der Waals surface area contributed by atoms with Crippen LogP contribution in [-0.2, 0) is 19.5 Å². The van der Waals surface area contributed by atoms with Crippen molar-refractivity contribution in [2.75, 3.05) is 20.8 Å². The maximum Gasteiger partial charge on any atom is 0.330 e. The number of aliphatic hydroxyl groups is 1. The lowest BCUT2D eigenvalue weighted by Gasteiger charge is -2.41. The lowest BCUT2D eigenvalue weighted by atomic mass is 9.80. The first-order valence-electron chi connectivity index (χ1n) is 15.6. The molecule has 1 aliphatic heterocycles. The Balaban J connectivity index is 1.63. The molecule has 3 aromatic carbocycles. The van der Waals surface area contributed by atoms with Gasteiger partial charge in [0.15, 0.2) is 14.5 Å². The van der Waals surface area contributed by atoms with Crippen LogP contribution in [0.3, 0.4) is 0 Å². The normalized spacial score (nSPS) is 20.3. The van der Waals surface area contributed by atoms with E-state index in [1.54, 1.807) is 14.2 Å². The average Bonchev–Trinajstić information content (AvgIpc) is 3.35. The molecule has 0 amide bonds. The molecule has 11 heteroatoms. The van der Waals surface area contributed by atoms with E-state index in [0.29, 0.717) is 11.5 Å². The molecule has 1 aromatic heterocycles. The number of methoxy groups -OCH3 is 2. The van der Waals surface area contributed by atoms with Gasteiger partial charge in [-0.05, 0) is 59.1 Å². The number of H-pyrrole nitrogens is 1. The van der Waals surface area contributed by atoms with Gasteiger partial charge >= 0.3 is 5.69 Å². The summed E-state index contributed by atoms with van der Waals surface area (Å²) in [5.41, 5.74) is 0.0481. The van der Waals surface area contributed by atoms with Crippen LogP contribution in [0.25, 0.3) is 0 Å². The van der Waals surface area contributed by atoms with Crippen molar-refractivity contribution in [1.29, 1.82) is 0 Å². The predicted octanol–water partition coefficient (Wildman–Crippen LogP) is 5.21. The van der Waals surface area contributed by atoms with Crippen molar-refractivity contribution >= 4 is 8.32 Å². The minimum absolute atomic E-state index is 0.0563. The quantitative estimate of drug-likeness (QED) is 0.166. The molecule has 1 fully saturated rings. The summed E-state index contributed by atoms with van der Waals surface area (Å²) in [5, 5.41) is 11.5. The van der Waals surface area contributed by atoms with Gasteiger partial charge in [0.25, 0.3) is 5.56 Å². The number of hydrogen-bond acceptors (Lipinski definition) is 8. The van der Waals surface area contributed by atoms with Crippen molar-refractivity contribution in [2.45, 2.75) is 69.0 Å². The molecular weight excluding hydrogens is 616 g/mol. The highest BCUT2D eigenvalue weighted by atomic mass is 28.4. The highest BCUT2D eigenvalue weighted by molar-refractivity contribution is 6.74. The van der Waals surface area contributed by atoms with Gasteiger partial charge in [0.05, 0.1) is 20.8 Å². The lowest BCUT2D eigenvalue weighted by Crippen LogP contribution is -2.51. The van der Waals surface area contributed by atoms with Crippen LogP contribution >= 0.6 is 0 Å². The first kappa shape index (κ1) is 34.3. The van der Waals surface area contributed by atoms with Gasteiger partial charge in [-0.3, -0.25) is 4.79 Å². The lowest BCUT2D eigenvalue weighted by molar-refractivity contribution is -0.0954. The molecule has 4 aromatic rings. The Morgan fingerprint density at radius 3 is 1.85 bits per heavy atom. The van der Waals surface area contributed by atoms with E-state index in [2.05, 4.69) is 38.8 Å². The first-order valence-corrected chi connectivity index (χ1v) is 18.5. The molecule has 1 aliphatic rings. The minimum Gasteiger partial charge on any atom is -0.497 e. The summed E-state index contributed by atoms with van der Waals surface area (Å²) in [6.07, 6.45) is -3.09. The Labute approximate surface area is 276 Å². The molecule has 0 bridgehead atoms. The van der Waals surface area contributed by atoms with E-state index in [4.69, 9.17) is 23.4 Å². The summed E-state index contributed by atoms with van der Waals surface area (Å²) >= 11 is 0. The molecule has 2 N–H and O–H groups in total. The van der Waals surface area contributed by atoms with Gasteiger partial charge < -0.3 is 33.5 Å². The number of ether oxygens (including phenoxy) is 4. The van der Waals surface area contributed by atoms with E-state index in [1.807, 2.05) is 78.9 Å². The summed E-state index contributed by atoms with van der Waals surface area (Å²) in [4.78, 5) is 28.2. The number of nitrogens with zero attached hydrogens (tertiary/aromatic N) is 1.